The van der Waals surface area contributed by atoms with Gasteiger partial charge in [-0.15, -0.1) is 0 Å². The molecule has 1 aliphatic rings. The maximum absolute atomic E-state index is 11.3. The van der Waals surface area contributed by atoms with Crippen molar-refractivity contribution in [1.82, 2.24) is 14.8 Å². The van der Waals surface area contributed by atoms with Gasteiger partial charge in [-0.2, -0.15) is 5.10 Å². The van der Waals surface area contributed by atoms with Gasteiger partial charge in [0.05, 0.1) is 11.9 Å². The van der Waals surface area contributed by atoms with Gasteiger partial charge in [0.1, 0.15) is 23.9 Å². The molecule has 0 saturated heterocycles. The number of nitrogen functional groups attached to an aromatic ring is 1. The van der Waals surface area contributed by atoms with Crippen molar-refractivity contribution in [2.45, 2.75) is 38.8 Å². The first-order valence-electron chi connectivity index (χ1n) is 12.6. The number of benzene rings is 3. The summed E-state index contributed by atoms with van der Waals surface area (Å²) in [4.78, 5) is 15.5. The summed E-state index contributed by atoms with van der Waals surface area (Å²) in [6, 6.07) is 21.9. The number of fused-ring (bicyclic) bond motifs is 2. The molecule has 37 heavy (non-hydrogen) atoms. The Labute approximate surface area is 214 Å². The van der Waals surface area contributed by atoms with Crippen LogP contribution in [0.4, 0.5) is 5.82 Å². The number of hydrogen-bond acceptors (Lipinski definition) is 5. The third-order valence-corrected chi connectivity index (χ3v) is 7.29. The van der Waals surface area contributed by atoms with Crippen molar-refractivity contribution in [3.8, 4) is 16.9 Å². The van der Waals surface area contributed by atoms with Crippen LogP contribution in [0.3, 0.4) is 0 Å². The number of aromatic nitrogens is 3. The van der Waals surface area contributed by atoms with E-state index in [0.717, 1.165) is 45.0 Å². The average molecular weight is 493 g/mol. The van der Waals surface area contributed by atoms with Crippen LogP contribution >= 0.6 is 0 Å². The van der Waals surface area contributed by atoms with E-state index in [1.54, 1.807) is 12.3 Å². The highest BCUT2D eigenvalue weighted by molar-refractivity contribution is 5.95. The number of hydrogen-bond donors (Lipinski definition) is 2. The molecule has 5 aromatic rings. The number of rotatable bonds is 8. The third kappa shape index (κ3) is 4.60. The fourth-order valence-electron chi connectivity index (χ4n) is 5.06. The van der Waals surface area contributed by atoms with E-state index >= 15 is 0 Å². The summed E-state index contributed by atoms with van der Waals surface area (Å²) in [5.41, 5.74) is 10.8. The molecular formula is C30H28N4O3. The van der Waals surface area contributed by atoms with Gasteiger partial charge in [-0.3, -0.25) is 9.48 Å². The van der Waals surface area contributed by atoms with Gasteiger partial charge >= 0.3 is 5.97 Å². The van der Waals surface area contributed by atoms with Crippen LogP contribution in [0.25, 0.3) is 32.8 Å². The number of pyridine rings is 1. The Balaban J connectivity index is 1.38. The van der Waals surface area contributed by atoms with E-state index in [1.807, 2.05) is 24.3 Å². The summed E-state index contributed by atoms with van der Waals surface area (Å²) < 4.78 is 8.25. The second-order valence-electron chi connectivity index (χ2n) is 9.76. The fourth-order valence-corrected chi connectivity index (χ4v) is 5.06. The first-order chi connectivity index (χ1) is 18.0. The molecule has 0 amide bonds. The Bertz CT molecular complexity index is 1620. The van der Waals surface area contributed by atoms with E-state index in [0.29, 0.717) is 23.0 Å². The Kier molecular flexibility index (Phi) is 5.96. The molecule has 7 heteroatoms. The van der Waals surface area contributed by atoms with Crippen LogP contribution in [0.15, 0.2) is 72.9 Å². The van der Waals surface area contributed by atoms with Gasteiger partial charge in [0.2, 0.25) is 0 Å². The summed E-state index contributed by atoms with van der Waals surface area (Å²) in [5, 5.41) is 17.3. The molecule has 7 nitrogen and oxygen atoms in total. The normalized spacial score (nSPS) is 13.6. The lowest BCUT2D eigenvalue weighted by molar-refractivity contribution is -0.136. The Morgan fingerprint density at radius 2 is 1.81 bits per heavy atom. The smallest absolute Gasteiger partial charge is 0.307 e. The van der Waals surface area contributed by atoms with Gasteiger partial charge in [-0.05, 0) is 65.6 Å². The van der Waals surface area contributed by atoms with Gasteiger partial charge in [0.25, 0.3) is 0 Å². The lowest BCUT2D eigenvalue weighted by atomic mass is 9.85. The number of carbonyl (C=O) groups is 1. The zero-order valence-corrected chi connectivity index (χ0v) is 20.4. The molecule has 0 bridgehead atoms. The highest BCUT2D eigenvalue weighted by Gasteiger charge is 2.21. The van der Waals surface area contributed by atoms with E-state index in [1.165, 1.54) is 19.3 Å². The number of nitrogens with two attached hydrogens (primary N) is 1. The summed E-state index contributed by atoms with van der Waals surface area (Å²) in [6.07, 6.45) is 5.39. The second kappa shape index (κ2) is 9.58. The lowest BCUT2D eigenvalue weighted by Crippen LogP contribution is -2.18. The quantitative estimate of drug-likeness (QED) is 0.282. The van der Waals surface area contributed by atoms with Crippen molar-refractivity contribution in [2.75, 3.05) is 5.73 Å². The number of carboxylic acid groups (broad SMARTS) is 1. The number of anilines is 1. The molecule has 0 atom stereocenters. The maximum Gasteiger partial charge on any atom is 0.307 e. The van der Waals surface area contributed by atoms with Gasteiger partial charge in [0.15, 0.2) is 0 Å². The molecule has 0 radical (unpaired) electrons. The van der Waals surface area contributed by atoms with Crippen molar-refractivity contribution < 1.29 is 14.6 Å². The van der Waals surface area contributed by atoms with E-state index in [2.05, 4.69) is 46.1 Å². The topological polar surface area (TPSA) is 103 Å². The number of aliphatic carboxylic acids is 1. The van der Waals surface area contributed by atoms with E-state index in [4.69, 9.17) is 15.6 Å². The summed E-state index contributed by atoms with van der Waals surface area (Å²) >= 11 is 0. The highest BCUT2D eigenvalue weighted by Crippen LogP contribution is 2.33. The van der Waals surface area contributed by atoms with Crippen LogP contribution in [0, 0.1) is 5.92 Å². The largest absolute Gasteiger partial charge is 0.487 e. The predicted molar refractivity (Wildman–Crippen MR) is 144 cm³/mol. The minimum absolute atomic E-state index is 0.0862. The average Bonchev–Trinajstić information content (AvgIpc) is 3.22. The van der Waals surface area contributed by atoms with Crippen LogP contribution in [0.2, 0.25) is 0 Å². The molecule has 2 heterocycles. The van der Waals surface area contributed by atoms with Gasteiger partial charge in [0, 0.05) is 29.1 Å². The molecule has 1 saturated carbocycles. The minimum Gasteiger partial charge on any atom is -0.487 e. The number of carboxylic acids is 1. The van der Waals surface area contributed by atoms with E-state index < -0.39 is 5.97 Å². The minimum atomic E-state index is -0.887. The maximum atomic E-state index is 11.3. The monoisotopic (exact) mass is 492 g/mol. The lowest BCUT2D eigenvalue weighted by Gasteiger charge is -2.25. The SMILES string of the molecule is Nc1nccc2ccc(-c3ccc4c(c3)c(COc3ccccc3CC(=O)O)nn4CC3CCC3)cc12. The van der Waals surface area contributed by atoms with Crippen molar-refractivity contribution >= 4 is 33.5 Å². The molecular weight excluding hydrogens is 464 g/mol. The molecule has 0 unspecified atom stereocenters. The highest BCUT2D eigenvalue weighted by atomic mass is 16.5. The number of para-hydroxylation sites is 1. The van der Waals surface area contributed by atoms with E-state index in [-0.39, 0.29) is 13.0 Å². The standard InChI is InChI=1S/C30H28N4O3/c31-30-24-14-21(9-8-20(24)12-13-32-30)22-10-11-27-25(15-22)26(33-34(27)17-19-4-3-5-19)18-37-28-7-2-1-6-23(28)16-29(35)36/h1-2,6-15,19H,3-5,16-18H2,(H2,31,32)(H,35,36). The predicted octanol–water partition coefficient (Wildman–Crippen LogP) is 5.84. The van der Waals surface area contributed by atoms with Crippen molar-refractivity contribution in [3.05, 3.63) is 84.2 Å². The molecule has 6 rings (SSSR count). The Morgan fingerprint density at radius 1 is 1.03 bits per heavy atom. The third-order valence-electron chi connectivity index (χ3n) is 7.29. The van der Waals surface area contributed by atoms with Crippen LogP contribution < -0.4 is 10.5 Å². The first-order valence-corrected chi connectivity index (χ1v) is 12.6. The van der Waals surface area contributed by atoms with Crippen molar-refractivity contribution in [1.29, 1.82) is 0 Å². The first kappa shape index (κ1) is 23.0. The van der Waals surface area contributed by atoms with Crippen LogP contribution in [0.1, 0.15) is 30.5 Å². The summed E-state index contributed by atoms with van der Waals surface area (Å²) in [5.74, 6) is 0.856. The molecule has 3 aromatic carbocycles. The van der Waals surface area contributed by atoms with Crippen molar-refractivity contribution in [2.24, 2.45) is 5.92 Å². The molecule has 3 N–H and O–H groups in total. The zero-order chi connectivity index (χ0) is 25.4. The van der Waals surface area contributed by atoms with Gasteiger partial charge in [-0.25, -0.2) is 4.98 Å². The molecule has 186 valence electrons. The second-order valence-corrected chi connectivity index (χ2v) is 9.76. The van der Waals surface area contributed by atoms with Crippen LogP contribution in [0.5, 0.6) is 5.75 Å². The van der Waals surface area contributed by atoms with Gasteiger partial charge in [-0.1, -0.05) is 42.8 Å². The molecule has 2 aromatic heterocycles. The summed E-state index contributed by atoms with van der Waals surface area (Å²) in [6.45, 7) is 1.15. The Morgan fingerprint density at radius 3 is 2.59 bits per heavy atom. The van der Waals surface area contributed by atoms with Crippen LogP contribution in [-0.2, 0) is 24.4 Å². The van der Waals surface area contributed by atoms with Crippen molar-refractivity contribution in [3.63, 3.8) is 0 Å². The summed E-state index contributed by atoms with van der Waals surface area (Å²) in [7, 11) is 0. The Hall–Kier alpha value is -4.39. The van der Waals surface area contributed by atoms with Crippen LogP contribution in [-0.4, -0.2) is 25.8 Å². The molecule has 0 spiro atoms. The molecule has 0 aliphatic heterocycles. The molecule has 1 aliphatic carbocycles. The fraction of sp³-hybridized carbons (Fsp3) is 0.233. The van der Waals surface area contributed by atoms with E-state index in [9.17, 15) is 9.90 Å². The zero-order valence-electron chi connectivity index (χ0n) is 20.4. The number of nitrogens with zero attached hydrogens (tertiary/aromatic N) is 3. The number of ether oxygens (including phenoxy) is 1. The molecule has 1 fully saturated rings. The van der Waals surface area contributed by atoms with Gasteiger partial charge < -0.3 is 15.6 Å².